The molecule has 4 heteroatoms. The van der Waals surface area contributed by atoms with Gasteiger partial charge in [0.2, 0.25) is 0 Å². The summed E-state index contributed by atoms with van der Waals surface area (Å²) < 4.78 is 11.5. The zero-order valence-corrected chi connectivity index (χ0v) is 11.1. The van der Waals surface area contributed by atoms with Crippen molar-refractivity contribution in [3.63, 3.8) is 0 Å². The lowest BCUT2D eigenvalue weighted by molar-refractivity contribution is 0.413. The van der Waals surface area contributed by atoms with Crippen molar-refractivity contribution in [1.82, 2.24) is 0 Å². The van der Waals surface area contributed by atoms with Crippen LogP contribution in [-0.4, -0.2) is 7.11 Å². The minimum Gasteiger partial charge on any atom is -0.497 e. The molecule has 2 rings (SSSR count). The number of nitrogens with two attached hydrogens (primary N) is 1. The predicted octanol–water partition coefficient (Wildman–Crippen LogP) is 3.29. The molecule has 2 aromatic rings. The Morgan fingerprint density at radius 3 is 2.88 bits per heavy atom. The zero-order valence-electron chi connectivity index (χ0n) is 9.52. The largest absolute Gasteiger partial charge is 0.497 e. The van der Waals surface area contributed by atoms with Crippen LogP contribution in [0.2, 0.25) is 0 Å². The van der Waals surface area contributed by atoms with E-state index in [0.717, 1.165) is 21.5 Å². The summed E-state index contributed by atoms with van der Waals surface area (Å²) in [6.45, 7) is 0. The summed E-state index contributed by atoms with van der Waals surface area (Å²) >= 11 is 3.50. The summed E-state index contributed by atoms with van der Waals surface area (Å²) in [6.07, 6.45) is 2.32. The van der Waals surface area contributed by atoms with Crippen LogP contribution in [0.25, 0.3) is 0 Å². The minimum absolute atomic E-state index is 0.120. The van der Waals surface area contributed by atoms with Crippen LogP contribution in [0.5, 0.6) is 5.75 Å². The molecule has 0 amide bonds. The number of furan rings is 1. The van der Waals surface area contributed by atoms with E-state index >= 15 is 0 Å². The fraction of sp³-hybridized carbons (Fsp3) is 0.231. The van der Waals surface area contributed by atoms with Gasteiger partial charge in [0.25, 0.3) is 0 Å². The van der Waals surface area contributed by atoms with Gasteiger partial charge in [0, 0.05) is 16.9 Å². The number of ether oxygens (including phenoxy) is 1. The van der Waals surface area contributed by atoms with Gasteiger partial charge in [-0.1, -0.05) is 15.9 Å². The number of hydrogen-bond donors (Lipinski definition) is 1. The van der Waals surface area contributed by atoms with Gasteiger partial charge in [-0.3, -0.25) is 0 Å². The molecule has 17 heavy (non-hydrogen) atoms. The molecule has 1 aromatic heterocycles. The third-order valence-corrected chi connectivity index (χ3v) is 3.33. The summed E-state index contributed by atoms with van der Waals surface area (Å²) in [7, 11) is 1.64. The lowest BCUT2D eigenvalue weighted by Crippen LogP contribution is -2.13. The van der Waals surface area contributed by atoms with Gasteiger partial charge in [0.15, 0.2) is 0 Å². The van der Waals surface area contributed by atoms with Crippen molar-refractivity contribution in [2.75, 3.05) is 7.11 Å². The van der Waals surface area contributed by atoms with Crippen LogP contribution in [-0.2, 0) is 6.42 Å². The summed E-state index contributed by atoms with van der Waals surface area (Å²) in [5, 5.41) is 0. The molecule has 90 valence electrons. The first-order valence-electron chi connectivity index (χ1n) is 5.32. The fourth-order valence-corrected chi connectivity index (χ4v) is 2.23. The van der Waals surface area contributed by atoms with Crippen molar-refractivity contribution in [3.05, 3.63) is 52.4 Å². The molecule has 0 spiro atoms. The monoisotopic (exact) mass is 295 g/mol. The molecule has 3 nitrogen and oxygen atoms in total. The van der Waals surface area contributed by atoms with Crippen molar-refractivity contribution < 1.29 is 9.15 Å². The zero-order chi connectivity index (χ0) is 12.3. The number of benzene rings is 1. The van der Waals surface area contributed by atoms with Gasteiger partial charge in [-0.2, -0.15) is 0 Å². The van der Waals surface area contributed by atoms with E-state index in [4.69, 9.17) is 14.9 Å². The van der Waals surface area contributed by atoms with E-state index in [-0.39, 0.29) is 6.04 Å². The van der Waals surface area contributed by atoms with E-state index in [1.165, 1.54) is 0 Å². The number of rotatable bonds is 4. The highest BCUT2D eigenvalue weighted by atomic mass is 79.9. The normalized spacial score (nSPS) is 12.4. The van der Waals surface area contributed by atoms with Gasteiger partial charge in [-0.15, -0.1) is 0 Å². The molecular weight excluding hydrogens is 282 g/mol. The van der Waals surface area contributed by atoms with Crippen LogP contribution in [0, 0.1) is 0 Å². The second-order valence-corrected chi connectivity index (χ2v) is 4.63. The van der Waals surface area contributed by atoms with E-state index in [1.54, 1.807) is 13.4 Å². The predicted molar refractivity (Wildman–Crippen MR) is 70.0 cm³/mol. The third kappa shape index (κ3) is 2.90. The van der Waals surface area contributed by atoms with Crippen molar-refractivity contribution in [3.8, 4) is 5.75 Å². The van der Waals surface area contributed by atoms with Gasteiger partial charge >= 0.3 is 0 Å². The average Bonchev–Trinajstić information content (AvgIpc) is 2.82. The Bertz CT molecular complexity index is 482. The van der Waals surface area contributed by atoms with Crippen molar-refractivity contribution in [1.29, 1.82) is 0 Å². The number of methoxy groups -OCH3 is 1. The standard InChI is InChI=1S/C13H14BrNO2/c1-16-9-4-5-12(14)11(7-9)13(15)8-10-3-2-6-17-10/h2-7,13H,8,15H2,1H3. The van der Waals surface area contributed by atoms with Crippen LogP contribution in [0.1, 0.15) is 17.4 Å². The van der Waals surface area contributed by atoms with Crippen molar-refractivity contribution >= 4 is 15.9 Å². The van der Waals surface area contributed by atoms with Crippen LogP contribution < -0.4 is 10.5 Å². The Kier molecular flexibility index (Phi) is 3.86. The van der Waals surface area contributed by atoms with E-state index in [9.17, 15) is 0 Å². The van der Waals surface area contributed by atoms with Gasteiger partial charge < -0.3 is 14.9 Å². The lowest BCUT2D eigenvalue weighted by atomic mass is 10.0. The van der Waals surface area contributed by atoms with E-state index in [1.807, 2.05) is 30.3 Å². The fourth-order valence-electron chi connectivity index (χ4n) is 1.69. The Balaban J connectivity index is 2.20. The van der Waals surface area contributed by atoms with Crippen LogP contribution in [0.15, 0.2) is 45.5 Å². The van der Waals surface area contributed by atoms with E-state index in [2.05, 4.69) is 15.9 Å². The third-order valence-electron chi connectivity index (χ3n) is 2.60. The molecule has 1 heterocycles. The summed E-state index contributed by atoms with van der Waals surface area (Å²) in [5.74, 6) is 1.69. The Labute approximate surface area is 109 Å². The summed E-state index contributed by atoms with van der Waals surface area (Å²) in [5.41, 5.74) is 7.18. The Hall–Kier alpha value is -1.26. The topological polar surface area (TPSA) is 48.4 Å². The SMILES string of the molecule is COc1ccc(Br)c(C(N)Cc2ccco2)c1. The molecule has 1 aromatic carbocycles. The van der Waals surface area contributed by atoms with Crippen LogP contribution >= 0.6 is 15.9 Å². The van der Waals surface area contributed by atoms with Gasteiger partial charge in [-0.25, -0.2) is 0 Å². The number of halogens is 1. The highest BCUT2D eigenvalue weighted by molar-refractivity contribution is 9.10. The lowest BCUT2D eigenvalue weighted by Gasteiger charge is -2.13. The molecule has 0 fully saturated rings. The second-order valence-electron chi connectivity index (χ2n) is 3.78. The first-order chi connectivity index (χ1) is 8.20. The molecule has 0 aliphatic rings. The number of hydrogen-bond acceptors (Lipinski definition) is 3. The van der Waals surface area contributed by atoms with Crippen molar-refractivity contribution in [2.24, 2.45) is 5.73 Å². The van der Waals surface area contributed by atoms with Gasteiger partial charge in [-0.05, 0) is 35.9 Å². The molecule has 2 N–H and O–H groups in total. The quantitative estimate of drug-likeness (QED) is 0.941. The molecule has 0 aliphatic heterocycles. The first kappa shape index (κ1) is 12.2. The van der Waals surface area contributed by atoms with Gasteiger partial charge in [0.1, 0.15) is 11.5 Å². The van der Waals surface area contributed by atoms with Crippen LogP contribution in [0.4, 0.5) is 0 Å². The maximum atomic E-state index is 6.17. The molecule has 0 saturated carbocycles. The van der Waals surface area contributed by atoms with Gasteiger partial charge in [0.05, 0.1) is 13.4 Å². The smallest absolute Gasteiger partial charge is 0.119 e. The molecule has 0 bridgehead atoms. The van der Waals surface area contributed by atoms with E-state index in [0.29, 0.717) is 6.42 Å². The average molecular weight is 296 g/mol. The van der Waals surface area contributed by atoms with E-state index < -0.39 is 0 Å². The molecule has 1 atom stereocenters. The Morgan fingerprint density at radius 2 is 2.24 bits per heavy atom. The maximum Gasteiger partial charge on any atom is 0.119 e. The highest BCUT2D eigenvalue weighted by Crippen LogP contribution is 2.28. The van der Waals surface area contributed by atoms with Crippen molar-refractivity contribution in [2.45, 2.75) is 12.5 Å². The van der Waals surface area contributed by atoms with Crippen LogP contribution in [0.3, 0.4) is 0 Å². The maximum absolute atomic E-state index is 6.17. The second kappa shape index (κ2) is 5.38. The summed E-state index contributed by atoms with van der Waals surface area (Å²) in [6, 6.07) is 9.45. The summed E-state index contributed by atoms with van der Waals surface area (Å²) in [4.78, 5) is 0. The highest BCUT2D eigenvalue weighted by Gasteiger charge is 2.13. The Morgan fingerprint density at radius 1 is 1.41 bits per heavy atom. The molecule has 0 aliphatic carbocycles. The molecule has 1 unspecified atom stereocenters. The molecular formula is C13H14BrNO2. The first-order valence-corrected chi connectivity index (χ1v) is 6.11. The molecule has 0 saturated heterocycles. The minimum atomic E-state index is -0.120. The molecule has 0 radical (unpaired) electrons.